The fourth-order valence-electron chi connectivity index (χ4n) is 3.05. The molecule has 0 spiro atoms. The van der Waals surface area contributed by atoms with Crippen LogP contribution in [0.15, 0.2) is 18.6 Å². The van der Waals surface area contributed by atoms with Gasteiger partial charge < -0.3 is 14.6 Å². The van der Waals surface area contributed by atoms with Gasteiger partial charge in [0.15, 0.2) is 11.5 Å². The van der Waals surface area contributed by atoms with Gasteiger partial charge >= 0.3 is 0 Å². The zero-order valence-corrected chi connectivity index (χ0v) is 13.4. The van der Waals surface area contributed by atoms with Crippen molar-refractivity contribution in [3.8, 4) is 0 Å². The van der Waals surface area contributed by atoms with E-state index in [1.807, 2.05) is 18.6 Å². The van der Waals surface area contributed by atoms with Crippen molar-refractivity contribution in [3.63, 3.8) is 0 Å². The number of imidazole rings is 1. The molecule has 1 fully saturated rings. The number of rotatable bonds is 3. The fourth-order valence-corrected chi connectivity index (χ4v) is 3.05. The van der Waals surface area contributed by atoms with E-state index < -0.39 is 0 Å². The third-order valence-electron chi connectivity index (χ3n) is 4.43. The van der Waals surface area contributed by atoms with Crippen LogP contribution >= 0.6 is 0 Å². The van der Waals surface area contributed by atoms with Gasteiger partial charge in [0.25, 0.3) is 0 Å². The Morgan fingerprint density at radius 2 is 2.19 bits per heavy atom. The van der Waals surface area contributed by atoms with Crippen LogP contribution in [0, 0.1) is 11.3 Å². The van der Waals surface area contributed by atoms with Crippen LogP contribution in [0.5, 0.6) is 0 Å². The Balaban J connectivity index is 1.94. The Labute approximate surface area is 126 Å². The number of nitrogens with one attached hydrogen (secondary N) is 1. The third-order valence-corrected chi connectivity index (χ3v) is 4.43. The molecule has 1 saturated heterocycles. The van der Waals surface area contributed by atoms with Gasteiger partial charge in [0.1, 0.15) is 5.82 Å². The highest BCUT2D eigenvalue weighted by atomic mass is 15.3. The summed E-state index contributed by atoms with van der Waals surface area (Å²) < 4.78 is 2.06. The second kappa shape index (κ2) is 5.20. The largest absolute Gasteiger partial charge is 0.369 e. The molecular weight excluding hydrogens is 262 g/mol. The standard InChI is InChI=1S/C16H25N5/c1-5-17-13-11-21-9-7-18-14(21)15(19-13)20-8-6-12(10-20)16(2,3)4/h7,9,11-12,17H,5-6,8,10H2,1-4H3. The highest BCUT2D eigenvalue weighted by molar-refractivity contribution is 5.67. The lowest BCUT2D eigenvalue weighted by molar-refractivity contribution is 0.263. The van der Waals surface area contributed by atoms with Gasteiger partial charge in [-0.25, -0.2) is 9.97 Å². The molecule has 21 heavy (non-hydrogen) atoms. The smallest absolute Gasteiger partial charge is 0.180 e. The van der Waals surface area contributed by atoms with Crippen molar-refractivity contribution >= 4 is 17.3 Å². The first kappa shape index (κ1) is 14.2. The highest BCUT2D eigenvalue weighted by Gasteiger charge is 2.33. The van der Waals surface area contributed by atoms with E-state index in [0.717, 1.165) is 36.9 Å². The molecule has 1 atom stereocenters. The lowest BCUT2D eigenvalue weighted by Crippen LogP contribution is -2.27. The van der Waals surface area contributed by atoms with Crippen LogP contribution in [0.4, 0.5) is 11.6 Å². The molecule has 3 heterocycles. The summed E-state index contributed by atoms with van der Waals surface area (Å²) >= 11 is 0. The Morgan fingerprint density at radius 1 is 1.38 bits per heavy atom. The summed E-state index contributed by atoms with van der Waals surface area (Å²) in [5.74, 6) is 2.62. The summed E-state index contributed by atoms with van der Waals surface area (Å²) in [5, 5.41) is 3.31. The summed E-state index contributed by atoms with van der Waals surface area (Å²) in [6, 6.07) is 0. The minimum absolute atomic E-state index is 0.347. The van der Waals surface area contributed by atoms with Crippen molar-refractivity contribution in [2.75, 3.05) is 29.9 Å². The number of fused-ring (bicyclic) bond motifs is 1. The topological polar surface area (TPSA) is 45.5 Å². The molecule has 0 amide bonds. The maximum absolute atomic E-state index is 4.79. The Morgan fingerprint density at radius 3 is 2.86 bits per heavy atom. The summed E-state index contributed by atoms with van der Waals surface area (Å²) in [6.45, 7) is 12.1. The molecule has 0 aliphatic carbocycles. The Kier molecular flexibility index (Phi) is 3.51. The maximum Gasteiger partial charge on any atom is 0.180 e. The van der Waals surface area contributed by atoms with Crippen LogP contribution in [0.1, 0.15) is 34.1 Å². The molecule has 0 saturated carbocycles. The first-order valence-electron chi connectivity index (χ1n) is 7.81. The van der Waals surface area contributed by atoms with Crippen molar-refractivity contribution in [2.24, 2.45) is 11.3 Å². The summed E-state index contributed by atoms with van der Waals surface area (Å²) in [7, 11) is 0. The normalized spacial score (nSPS) is 19.4. The van der Waals surface area contributed by atoms with E-state index >= 15 is 0 Å². The van der Waals surface area contributed by atoms with E-state index in [0.29, 0.717) is 11.3 Å². The average Bonchev–Trinajstić information content (AvgIpc) is 3.06. The van der Waals surface area contributed by atoms with E-state index in [1.165, 1.54) is 6.42 Å². The van der Waals surface area contributed by atoms with E-state index in [-0.39, 0.29) is 0 Å². The molecule has 0 bridgehead atoms. The molecule has 5 heteroatoms. The van der Waals surface area contributed by atoms with Crippen molar-refractivity contribution in [3.05, 3.63) is 18.6 Å². The monoisotopic (exact) mass is 287 g/mol. The first-order valence-corrected chi connectivity index (χ1v) is 7.81. The van der Waals surface area contributed by atoms with Crippen molar-refractivity contribution < 1.29 is 0 Å². The molecule has 0 radical (unpaired) electrons. The highest BCUT2D eigenvalue weighted by Crippen LogP contribution is 2.36. The van der Waals surface area contributed by atoms with Crippen molar-refractivity contribution in [2.45, 2.75) is 34.1 Å². The minimum Gasteiger partial charge on any atom is -0.369 e. The van der Waals surface area contributed by atoms with Gasteiger partial charge in [-0.05, 0) is 24.7 Å². The first-order chi connectivity index (χ1) is 9.99. The van der Waals surface area contributed by atoms with Crippen LogP contribution < -0.4 is 10.2 Å². The van der Waals surface area contributed by atoms with Gasteiger partial charge in [-0.3, -0.25) is 0 Å². The second-order valence-corrected chi connectivity index (χ2v) is 6.94. The molecule has 5 nitrogen and oxygen atoms in total. The van der Waals surface area contributed by atoms with Crippen LogP contribution in [-0.2, 0) is 0 Å². The fraction of sp³-hybridized carbons (Fsp3) is 0.625. The molecule has 1 N–H and O–H groups in total. The zero-order chi connectivity index (χ0) is 15.0. The summed E-state index contributed by atoms with van der Waals surface area (Å²) in [4.78, 5) is 11.7. The molecule has 2 aromatic heterocycles. The average molecular weight is 287 g/mol. The van der Waals surface area contributed by atoms with Crippen LogP contribution in [0.3, 0.4) is 0 Å². The predicted octanol–water partition coefficient (Wildman–Crippen LogP) is 3.03. The van der Waals surface area contributed by atoms with Crippen LogP contribution in [0.25, 0.3) is 5.65 Å². The molecule has 3 rings (SSSR count). The summed E-state index contributed by atoms with van der Waals surface area (Å²) in [5.41, 5.74) is 1.30. The second-order valence-electron chi connectivity index (χ2n) is 6.94. The maximum atomic E-state index is 4.79. The van der Waals surface area contributed by atoms with Gasteiger partial charge in [-0.2, -0.15) is 0 Å². The number of hydrogen-bond acceptors (Lipinski definition) is 4. The van der Waals surface area contributed by atoms with E-state index in [4.69, 9.17) is 4.98 Å². The van der Waals surface area contributed by atoms with Crippen molar-refractivity contribution in [1.82, 2.24) is 14.4 Å². The van der Waals surface area contributed by atoms with E-state index in [2.05, 4.69) is 47.3 Å². The molecule has 114 valence electrons. The Bertz CT molecular complexity index is 625. The lowest BCUT2D eigenvalue weighted by Gasteiger charge is -2.27. The molecule has 1 unspecified atom stereocenters. The van der Waals surface area contributed by atoms with Gasteiger partial charge in [-0.15, -0.1) is 0 Å². The zero-order valence-electron chi connectivity index (χ0n) is 13.4. The quantitative estimate of drug-likeness (QED) is 0.942. The van der Waals surface area contributed by atoms with E-state index in [9.17, 15) is 0 Å². The van der Waals surface area contributed by atoms with E-state index in [1.54, 1.807) is 0 Å². The molecule has 1 aliphatic rings. The molecule has 1 aliphatic heterocycles. The number of hydrogen-bond donors (Lipinski definition) is 1. The van der Waals surface area contributed by atoms with Gasteiger partial charge in [0, 0.05) is 32.0 Å². The van der Waals surface area contributed by atoms with Gasteiger partial charge in [-0.1, -0.05) is 20.8 Å². The van der Waals surface area contributed by atoms with Crippen LogP contribution in [0.2, 0.25) is 0 Å². The van der Waals surface area contributed by atoms with Crippen molar-refractivity contribution in [1.29, 1.82) is 0 Å². The number of nitrogens with zero attached hydrogens (tertiary/aromatic N) is 4. The lowest BCUT2D eigenvalue weighted by atomic mass is 9.80. The number of aromatic nitrogens is 3. The third kappa shape index (κ3) is 2.69. The van der Waals surface area contributed by atoms with Gasteiger partial charge in [0.2, 0.25) is 0 Å². The van der Waals surface area contributed by atoms with Gasteiger partial charge in [0.05, 0.1) is 6.20 Å². The molecule has 2 aromatic rings. The van der Waals surface area contributed by atoms with Crippen LogP contribution in [-0.4, -0.2) is 34.0 Å². The Hall–Kier alpha value is -1.78. The molecular formula is C16H25N5. The minimum atomic E-state index is 0.347. The number of anilines is 2. The SMILES string of the molecule is CCNc1cn2ccnc2c(N2CCC(C(C)(C)C)C2)n1. The summed E-state index contributed by atoms with van der Waals surface area (Å²) in [6.07, 6.45) is 7.06. The predicted molar refractivity (Wildman–Crippen MR) is 86.9 cm³/mol. The molecule has 0 aromatic carbocycles.